The van der Waals surface area contributed by atoms with E-state index < -0.39 is 0 Å². The number of hydrogen-bond donors (Lipinski definition) is 0. The highest BCUT2D eigenvalue weighted by Gasteiger charge is 2.29. The van der Waals surface area contributed by atoms with Crippen molar-refractivity contribution in [1.29, 1.82) is 0 Å². The summed E-state index contributed by atoms with van der Waals surface area (Å²) in [5.41, 5.74) is 2.81. The van der Waals surface area contributed by atoms with E-state index in [-0.39, 0.29) is 16.7 Å². The van der Waals surface area contributed by atoms with Crippen LogP contribution in [0.1, 0.15) is 19.4 Å². The Bertz CT molecular complexity index is 1080. The predicted octanol–water partition coefficient (Wildman–Crippen LogP) is 3.49. The molecule has 1 aromatic heterocycles. The summed E-state index contributed by atoms with van der Waals surface area (Å²) in [5.74, 6) is 0.0509. The van der Waals surface area contributed by atoms with Crippen molar-refractivity contribution in [1.82, 2.24) is 9.55 Å². The van der Waals surface area contributed by atoms with E-state index in [4.69, 9.17) is 0 Å². The van der Waals surface area contributed by atoms with Crippen molar-refractivity contribution in [3.63, 3.8) is 0 Å². The second kappa shape index (κ2) is 7.19. The van der Waals surface area contributed by atoms with Gasteiger partial charge in [0.2, 0.25) is 5.91 Å². The predicted molar refractivity (Wildman–Crippen MR) is 109 cm³/mol. The van der Waals surface area contributed by atoms with Gasteiger partial charge >= 0.3 is 0 Å². The lowest BCUT2D eigenvalue weighted by Crippen LogP contribution is -2.35. The van der Waals surface area contributed by atoms with Gasteiger partial charge in [0.05, 0.1) is 16.2 Å². The number of aromatic nitrogens is 2. The van der Waals surface area contributed by atoms with Gasteiger partial charge in [0, 0.05) is 18.8 Å². The number of amides is 1. The minimum atomic E-state index is -0.331. The van der Waals surface area contributed by atoms with Gasteiger partial charge in [-0.15, -0.1) is 0 Å². The topological polar surface area (TPSA) is 55.2 Å². The molecule has 4 rings (SSSR count). The van der Waals surface area contributed by atoms with Gasteiger partial charge in [-0.25, -0.2) is 4.98 Å². The second-order valence-electron chi connectivity index (χ2n) is 6.59. The van der Waals surface area contributed by atoms with Gasteiger partial charge in [0.25, 0.3) is 5.56 Å². The fourth-order valence-corrected chi connectivity index (χ4v) is 4.55. The van der Waals surface area contributed by atoms with E-state index >= 15 is 0 Å². The van der Waals surface area contributed by atoms with Crippen LogP contribution in [0.2, 0.25) is 0 Å². The molecule has 0 bridgehead atoms. The molecule has 0 saturated heterocycles. The molecule has 5 nitrogen and oxygen atoms in total. The van der Waals surface area contributed by atoms with Gasteiger partial charge in [-0.2, -0.15) is 0 Å². The number of para-hydroxylation sites is 2. The molecule has 1 atom stereocenters. The molecule has 0 spiro atoms. The van der Waals surface area contributed by atoms with Crippen LogP contribution in [0, 0.1) is 0 Å². The zero-order valence-electron chi connectivity index (χ0n) is 15.4. The van der Waals surface area contributed by atoms with E-state index in [9.17, 15) is 9.59 Å². The van der Waals surface area contributed by atoms with Crippen molar-refractivity contribution >= 4 is 34.3 Å². The Labute approximate surface area is 162 Å². The van der Waals surface area contributed by atoms with E-state index in [1.54, 1.807) is 10.6 Å². The maximum atomic E-state index is 13.1. The van der Waals surface area contributed by atoms with Gasteiger partial charge in [-0.3, -0.25) is 14.2 Å². The molecule has 0 saturated carbocycles. The Kier molecular flexibility index (Phi) is 4.74. The summed E-state index contributed by atoms with van der Waals surface area (Å²) in [4.78, 5) is 32.3. The number of carbonyl (C=O) groups excluding carboxylic acids is 1. The molecule has 3 aromatic rings. The van der Waals surface area contributed by atoms with Gasteiger partial charge in [-0.05, 0) is 44.0 Å². The highest BCUT2D eigenvalue weighted by Crippen LogP contribution is 2.31. The minimum Gasteiger partial charge on any atom is -0.311 e. The highest BCUT2D eigenvalue weighted by atomic mass is 32.2. The Morgan fingerprint density at radius 3 is 2.74 bits per heavy atom. The van der Waals surface area contributed by atoms with E-state index in [2.05, 4.69) is 11.1 Å². The van der Waals surface area contributed by atoms with Crippen molar-refractivity contribution < 1.29 is 4.79 Å². The lowest BCUT2D eigenvalue weighted by molar-refractivity contribution is -0.117. The van der Waals surface area contributed by atoms with E-state index in [0.29, 0.717) is 29.1 Å². The number of anilines is 1. The Morgan fingerprint density at radius 2 is 1.93 bits per heavy atom. The van der Waals surface area contributed by atoms with Crippen molar-refractivity contribution in [2.75, 3.05) is 11.4 Å². The lowest BCUT2D eigenvalue weighted by Gasteiger charge is -2.22. The normalized spacial score (nSPS) is 14.4. The van der Waals surface area contributed by atoms with Crippen LogP contribution in [0.4, 0.5) is 5.69 Å². The Morgan fingerprint density at radius 1 is 1.19 bits per heavy atom. The molecule has 6 heteroatoms. The minimum absolute atomic E-state index is 0.0509. The summed E-state index contributed by atoms with van der Waals surface area (Å²) in [6.07, 6.45) is 0.882. The first-order valence-electron chi connectivity index (χ1n) is 9.15. The number of carbonyl (C=O) groups is 1. The smallest absolute Gasteiger partial charge is 0.262 e. The zero-order chi connectivity index (χ0) is 19.0. The maximum absolute atomic E-state index is 13.1. The second-order valence-corrected chi connectivity index (χ2v) is 7.90. The van der Waals surface area contributed by atoms with Crippen molar-refractivity contribution in [2.24, 2.45) is 0 Å². The molecule has 0 N–H and O–H groups in total. The molecular formula is C21H21N3O2S. The van der Waals surface area contributed by atoms with Crippen LogP contribution in [0.25, 0.3) is 10.9 Å². The summed E-state index contributed by atoms with van der Waals surface area (Å²) < 4.78 is 1.65. The fourth-order valence-electron chi connectivity index (χ4n) is 3.51. The number of nitrogens with zero attached hydrogens (tertiary/aromatic N) is 3. The van der Waals surface area contributed by atoms with Crippen LogP contribution < -0.4 is 10.5 Å². The molecule has 2 heterocycles. The van der Waals surface area contributed by atoms with Crippen LogP contribution in [-0.4, -0.2) is 27.3 Å². The first kappa shape index (κ1) is 17.8. The van der Waals surface area contributed by atoms with Crippen molar-refractivity contribution in [3.8, 4) is 0 Å². The summed E-state index contributed by atoms with van der Waals surface area (Å²) in [5, 5.41) is 0.868. The monoisotopic (exact) mass is 379 g/mol. The molecule has 0 radical (unpaired) electrons. The number of benzene rings is 2. The average molecular weight is 379 g/mol. The van der Waals surface area contributed by atoms with Gasteiger partial charge in [0.15, 0.2) is 5.16 Å². The summed E-state index contributed by atoms with van der Waals surface area (Å²) in [6, 6.07) is 15.4. The van der Waals surface area contributed by atoms with Crippen LogP contribution in [0.3, 0.4) is 0 Å². The summed E-state index contributed by atoms with van der Waals surface area (Å²) >= 11 is 1.35. The zero-order valence-corrected chi connectivity index (χ0v) is 16.2. The summed E-state index contributed by atoms with van der Waals surface area (Å²) in [6.45, 7) is 5.03. The number of hydrogen-bond acceptors (Lipinski definition) is 4. The van der Waals surface area contributed by atoms with E-state index in [1.807, 2.05) is 55.1 Å². The number of rotatable bonds is 4. The van der Waals surface area contributed by atoms with E-state index in [0.717, 1.165) is 12.1 Å². The van der Waals surface area contributed by atoms with Crippen molar-refractivity contribution in [2.45, 2.75) is 37.2 Å². The first-order chi connectivity index (χ1) is 13.1. The standard InChI is InChI=1S/C21H21N3O2S/c1-3-23-20(26)16-9-5-6-10-17(16)22-21(23)27-14(2)19(25)24-13-12-15-8-4-7-11-18(15)24/h4-11,14H,3,12-13H2,1-2H3. The lowest BCUT2D eigenvalue weighted by atomic mass is 10.2. The SMILES string of the molecule is CCn1c(SC(C)C(=O)N2CCc3ccccc32)nc2ccccc2c1=O. The van der Waals surface area contributed by atoms with Crippen molar-refractivity contribution in [3.05, 3.63) is 64.4 Å². The van der Waals surface area contributed by atoms with Crippen LogP contribution in [-0.2, 0) is 17.8 Å². The third-order valence-corrected chi connectivity index (χ3v) is 6.00. The molecule has 0 aliphatic carbocycles. The van der Waals surface area contributed by atoms with E-state index in [1.165, 1.54) is 17.3 Å². The van der Waals surface area contributed by atoms with Gasteiger partial charge in [0.1, 0.15) is 0 Å². The molecule has 1 amide bonds. The maximum Gasteiger partial charge on any atom is 0.262 e. The molecule has 1 unspecified atom stereocenters. The van der Waals surface area contributed by atoms with Gasteiger partial charge in [-0.1, -0.05) is 42.1 Å². The highest BCUT2D eigenvalue weighted by molar-refractivity contribution is 8.00. The number of thioether (sulfide) groups is 1. The molecule has 1 aliphatic rings. The van der Waals surface area contributed by atoms with Crippen LogP contribution >= 0.6 is 11.8 Å². The molecule has 2 aromatic carbocycles. The molecule has 0 fully saturated rings. The summed E-state index contributed by atoms with van der Waals surface area (Å²) in [7, 11) is 0. The van der Waals surface area contributed by atoms with Gasteiger partial charge < -0.3 is 4.90 Å². The first-order valence-corrected chi connectivity index (χ1v) is 10.0. The molecular weight excluding hydrogens is 358 g/mol. The fraction of sp³-hybridized carbons (Fsp3) is 0.286. The molecule has 1 aliphatic heterocycles. The Hall–Kier alpha value is -2.60. The number of fused-ring (bicyclic) bond motifs is 2. The quantitative estimate of drug-likeness (QED) is 0.514. The third kappa shape index (κ3) is 3.14. The largest absolute Gasteiger partial charge is 0.311 e. The average Bonchev–Trinajstić information content (AvgIpc) is 3.12. The molecule has 138 valence electrons. The van der Waals surface area contributed by atoms with Crippen LogP contribution in [0.15, 0.2) is 58.5 Å². The van der Waals surface area contributed by atoms with Crippen LogP contribution in [0.5, 0.6) is 0 Å². The third-order valence-electron chi connectivity index (χ3n) is 4.93. The Balaban J connectivity index is 1.64. The molecule has 27 heavy (non-hydrogen) atoms.